The van der Waals surface area contributed by atoms with Gasteiger partial charge in [-0.15, -0.1) is 0 Å². The summed E-state index contributed by atoms with van der Waals surface area (Å²) in [5.74, 6) is -0.158. The highest BCUT2D eigenvalue weighted by atomic mass is 35.5. The number of likely N-dealkylation sites (N-methyl/N-ethyl adjacent to an activating group) is 1. The first-order chi connectivity index (χ1) is 10.8. The van der Waals surface area contributed by atoms with Gasteiger partial charge in [0, 0.05) is 29.1 Å². The maximum absolute atomic E-state index is 11.9. The Bertz CT molecular complexity index is 868. The van der Waals surface area contributed by atoms with Crippen molar-refractivity contribution in [2.75, 3.05) is 13.6 Å². The fraction of sp³-hybridized carbons (Fsp3) is 0.250. The van der Waals surface area contributed by atoms with Gasteiger partial charge in [-0.3, -0.25) is 0 Å². The van der Waals surface area contributed by atoms with Crippen molar-refractivity contribution in [3.63, 3.8) is 0 Å². The number of fused-ring (bicyclic) bond motifs is 1. The summed E-state index contributed by atoms with van der Waals surface area (Å²) in [6.07, 6.45) is 0. The van der Waals surface area contributed by atoms with Crippen LogP contribution in [0, 0.1) is 0 Å². The predicted octanol–water partition coefficient (Wildman–Crippen LogP) is 3.22. The SMILES string of the molecule is CN1Cc2c(Cl)cc(Cl)cc2C(c2ccccc2S(N)(=O)=O)C1. The third kappa shape index (κ3) is 3.25. The molecule has 3 rings (SSSR count). The second-order valence-electron chi connectivity index (χ2n) is 5.79. The van der Waals surface area contributed by atoms with Gasteiger partial charge in [0.2, 0.25) is 10.0 Å². The minimum absolute atomic E-state index is 0.141. The first kappa shape index (κ1) is 16.7. The number of hydrogen-bond donors (Lipinski definition) is 1. The molecule has 2 aromatic rings. The van der Waals surface area contributed by atoms with Crippen LogP contribution in [0.15, 0.2) is 41.3 Å². The Morgan fingerprint density at radius 1 is 1.17 bits per heavy atom. The molecular formula is C16H16Cl2N2O2S. The second-order valence-corrected chi connectivity index (χ2v) is 8.16. The molecule has 0 saturated heterocycles. The fourth-order valence-electron chi connectivity index (χ4n) is 3.14. The number of hydrogen-bond acceptors (Lipinski definition) is 3. The predicted molar refractivity (Wildman–Crippen MR) is 92.5 cm³/mol. The number of nitrogens with two attached hydrogens (primary N) is 1. The van der Waals surface area contributed by atoms with Gasteiger partial charge >= 0.3 is 0 Å². The molecule has 1 atom stereocenters. The molecule has 23 heavy (non-hydrogen) atoms. The normalized spacial score (nSPS) is 18.7. The van der Waals surface area contributed by atoms with Crippen molar-refractivity contribution in [2.45, 2.75) is 17.4 Å². The molecule has 122 valence electrons. The molecule has 0 bridgehead atoms. The first-order valence-electron chi connectivity index (χ1n) is 7.05. The van der Waals surface area contributed by atoms with Crippen molar-refractivity contribution in [1.29, 1.82) is 0 Å². The van der Waals surface area contributed by atoms with E-state index in [-0.39, 0.29) is 10.8 Å². The van der Waals surface area contributed by atoms with E-state index in [1.165, 1.54) is 6.07 Å². The lowest BCUT2D eigenvalue weighted by Gasteiger charge is -2.34. The number of halogens is 2. The van der Waals surface area contributed by atoms with Crippen molar-refractivity contribution in [2.24, 2.45) is 5.14 Å². The molecule has 2 aromatic carbocycles. The molecule has 0 amide bonds. The van der Waals surface area contributed by atoms with E-state index in [1.807, 2.05) is 19.2 Å². The zero-order valence-electron chi connectivity index (χ0n) is 12.5. The molecule has 1 aliphatic rings. The Hall–Kier alpha value is -1.11. The third-order valence-electron chi connectivity index (χ3n) is 4.09. The Morgan fingerprint density at radius 3 is 2.57 bits per heavy atom. The van der Waals surface area contributed by atoms with Crippen LogP contribution in [0.4, 0.5) is 0 Å². The largest absolute Gasteiger partial charge is 0.301 e. The van der Waals surface area contributed by atoms with Gasteiger partial charge in [0.05, 0.1) is 4.90 Å². The van der Waals surface area contributed by atoms with Gasteiger partial charge in [0.15, 0.2) is 0 Å². The standard InChI is InChI=1S/C16H16Cl2N2O2S/c1-20-8-13(11-4-2-3-5-16(11)23(19,21)22)12-6-10(17)7-15(18)14(12)9-20/h2-7,13H,8-9H2,1H3,(H2,19,21,22). The van der Waals surface area contributed by atoms with E-state index in [9.17, 15) is 8.42 Å². The van der Waals surface area contributed by atoms with Crippen LogP contribution in [0.2, 0.25) is 10.0 Å². The Morgan fingerprint density at radius 2 is 1.87 bits per heavy atom. The number of sulfonamides is 1. The van der Waals surface area contributed by atoms with Crippen LogP contribution in [0.25, 0.3) is 0 Å². The van der Waals surface area contributed by atoms with Crippen LogP contribution in [-0.4, -0.2) is 26.9 Å². The lowest BCUT2D eigenvalue weighted by atomic mass is 9.85. The monoisotopic (exact) mass is 370 g/mol. The summed E-state index contributed by atoms with van der Waals surface area (Å²) < 4.78 is 23.9. The maximum Gasteiger partial charge on any atom is 0.238 e. The van der Waals surface area contributed by atoms with Crippen LogP contribution in [0.5, 0.6) is 0 Å². The van der Waals surface area contributed by atoms with Gasteiger partial charge in [-0.2, -0.15) is 0 Å². The maximum atomic E-state index is 11.9. The average molecular weight is 371 g/mol. The van der Waals surface area contributed by atoms with E-state index in [1.54, 1.807) is 18.2 Å². The van der Waals surface area contributed by atoms with Crippen LogP contribution >= 0.6 is 23.2 Å². The van der Waals surface area contributed by atoms with E-state index in [0.717, 1.165) is 11.1 Å². The molecule has 4 nitrogen and oxygen atoms in total. The lowest BCUT2D eigenvalue weighted by Crippen LogP contribution is -2.32. The molecule has 0 spiro atoms. The molecule has 2 N–H and O–H groups in total. The van der Waals surface area contributed by atoms with E-state index in [2.05, 4.69) is 4.90 Å². The second kappa shape index (κ2) is 6.07. The molecule has 1 unspecified atom stereocenters. The molecule has 0 saturated carbocycles. The molecule has 7 heteroatoms. The van der Waals surface area contributed by atoms with Gasteiger partial charge in [-0.1, -0.05) is 41.4 Å². The van der Waals surface area contributed by atoms with Crippen molar-refractivity contribution >= 4 is 33.2 Å². The zero-order chi connectivity index (χ0) is 16.8. The molecule has 0 fully saturated rings. The van der Waals surface area contributed by atoms with Gasteiger partial charge in [0.1, 0.15) is 0 Å². The van der Waals surface area contributed by atoms with Gasteiger partial charge in [-0.05, 0) is 41.9 Å². The lowest BCUT2D eigenvalue weighted by molar-refractivity contribution is 0.294. The first-order valence-corrected chi connectivity index (χ1v) is 9.35. The Balaban J connectivity index is 2.24. The smallest absolute Gasteiger partial charge is 0.238 e. The summed E-state index contributed by atoms with van der Waals surface area (Å²) in [7, 11) is -1.83. The van der Waals surface area contributed by atoms with Crippen LogP contribution in [0.3, 0.4) is 0 Å². The summed E-state index contributed by atoms with van der Waals surface area (Å²) in [6.45, 7) is 1.36. The van der Waals surface area contributed by atoms with Gasteiger partial charge < -0.3 is 4.90 Å². The summed E-state index contributed by atoms with van der Waals surface area (Å²) in [5, 5.41) is 6.52. The molecule has 1 heterocycles. The van der Waals surface area contributed by atoms with E-state index in [0.29, 0.717) is 28.7 Å². The van der Waals surface area contributed by atoms with Crippen LogP contribution < -0.4 is 5.14 Å². The molecular weight excluding hydrogens is 355 g/mol. The van der Waals surface area contributed by atoms with Crippen molar-refractivity contribution in [1.82, 2.24) is 4.90 Å². The fourth-order valence-corrected chi connectivity index (χ4v) is 4.52. The van der Waals surface area contributed by atoms with E-state index in [4.69, 9.17) is 28.3 Å². The molecule has 1 aliphatic heterocycles. The summed E-state index contributed by atoms with van der Waals surface area (Å²) in [5.41, 5.74) is 2.59. The topological polar surface area (TPSA) is 63.4 Å². The highest BCUT2D eigenvalue weighted by Crippen LogP contribution is 2.39. The Labute approximate surface area is 145 Å². The van der Waals surface area contributed by atoms with Crippen molar-refractivity contribution < 1.29 is 8.42 Å². The number of primary sulfonamides is 1. The van der Waals surface area contributed by atoms with Gasteiger partial charge in [0.25, 0.3) is 0 Å². The minimum Gasteiger partial charge on any atom is -0.301 e. The van der Waals surface area contributed by atoms with E-state index >= 15 is 0 Å². The highest BCUT2D eigenvalue weighted by molar-refractivity contribution is 7.89. The summed E-state index contributed by atoms with van der Waals surface area (Å²) >= 11 is 12.5. The molecule has 0 radical (unpaired) electrons. The number of nitrogens with zero attached hydrogens (tertiary/aromatic N) is 1. The highest BCUT2D eigenvalue weighted by Gasteiger charge is 2.30. The Kier molecular flexibility index (Phi) is 4.42. The van der Waals surface area contributed by atoms with Crippen LogP contribution in [0.1, 0.15) is 22.6 Å². The zero-order valence-corrected chi connectivity index (χ0v) is 14.8. The van der Waals surface area contributed by atoms with E-state index < -0.39 is 10.0 Å². The molecule has 0 aliphatic carbocycles. The molecule has 0 aromatic heterocycles. The number of rotatable bonds is 2. The third-order valence-corrected chi connectivity index (χ3v) is 5.63. The van der Waals surface area contributed by atoms with Crippen LogP contribution in [-0.2, 0) is 16.6 Å². The van der Waals surface area contributed by atoms with Crippen molar-refractivity contribution in [3.8, 4) is 0 Å². The van der Waals surface area contributed by atoms with Gasteiger partial charge in [-0.25, -0.2) is 13.6 Å². The van der Waals surface area contributed by atoms with Crippen molar-refractivity contribution in [3.05, 3.63) is 63.1 Å². The average Bonchev–Trinajstić information content (AvgIpc) is 2.46. The summed E-state index contributed by atoms with van der Waals surface area (Å²) in [4.78, 5) is 2.24. The number of benzene rings is 2. The quantitative estimate of drug-likeness (QED) is 0.882. The minimum atomic E-state index is -3.81. The summed E-state index contributed by atoms with van der Waals surface area (Å²) in [6, 6.07) is 10.4.